The van der Waals surface area contributed by atoms with Crippen LogP contribution in [0.25, 0.3) is 0 Å². The van der Waals surface area contributed by atoms with E-state index in [1.54, 1.807) is 12.1 Å². The Kier molecular flexibility index (Phi) is 4.20. The zero-order chi connectivity index (χ0) is 13.8. The lowest BCUT2D eigenvalue weighted by Gasteiger charge is -2.12. The van der Waals surface area contributed by atoms with Crippen LogP contribution in [0.15, 0.2) is 18.2 Å². The molecule has 1 atom stereocenters. The van der Waals surface area contributed by atoms with Gasteiger partial charge < -0.3 is 10.1 Å². The molecule has 1 aliphatic rings. The monoisotopic (exact) mass is 261 g/mol. The average Bonchev–Trinajstić information content (AvgIpc) is 2.77. The highest BCUT2D eigenvalue weighted by atomic mass is 16.5. The summed E-state index contributed by atoms with van der Waals surface area (Å²) in [4.78, 5) is 23.3. The minimum absolute atomic E-state index is 0.00564. The number of unbranched alkanes of at least 4 members (excludes halogenated alkanes) is 1. The van der Waals surface area contributed by atoms with Crippen LogP contribution in [0.2, 0.25) is 0 Å². The molecule has 1 aliphatic heterocycles. The first-order valence-corrected chi connectivity index (χ1v) is 6.72. The minimum Gasteiger partial charge on any atom is -0.457 e. The Morgan fingerprint density at radius 1 is 1.47 bits per heavy atom. The molecule has 102 valence electrons. The number of benzene rings is 1. The van der Waals surface area contributed by atoms with Crippen molar-refractivity contribution in [3.63, 3.8) is 0 Å². The highest BCUT2D eigenvalue weighted by Gasteiger charge is 2.21. The summed E-state index contributed by atoms with van der Waals surface area (Å²) in [6.45, 7) is 4.34. The van der Waals surface area contributed by atoms with Crippen molar-refractivity contribution in [1.29, 1.82) is 0 Å². The Morgan fingerprint density at radius 3 is 3.00 bits per heavy atom. The summed E-state index contributed by atoms with van der Waals surface area (Å²) in [5.41, 5.74) is 2.16. The second-order valence-electron chi connectivity index (χ2n) is 4.98. The molecule has 1 aromatic rings. The molecule has 1 N–H and O–H groups in total. The van der Waals surface area contributed by atoms with E-state index in [1.807, 2.05) is 13.0 Å². The van der Waals surface area contributed by atoms with Gasteiger partial charge in [0.2, 0.25) is 5.91 Å². The van der Waals surface area contributed by atoms with Gasteiger partial charge in [0.05, 0.1) is 5.56 Å². The largest absolute Gasteiger partial charge is 0.457 e. The highest BCUT2D eigenvalue weighted by molar-refractivity contribution is 5.96. The van der Waals surface area contributed by atoms with Crippen molar-refractivity contribution < 1.29 is 14.3 Å². The van der Waals surface area contributed by atoms with Gasteiger partial charge in [-0.05, 0) is 24.6 Å². The number of fused-ring (bicyclic) bond motifs is 1. The van der Waals surface area contributed by atoms with Crippen molar-refractivity contribution in [1.82, 2.24) is 0 Å². The van der Waals surface area contributed by atoms with Crippen molar-refractivity contribution in [2.24, 2.45) is 5.92 Å². The van der Waals surface area contributed by atoms with Crippen LogP contribution in [0.5, 0.6) is 0 Å². The normalized spacial score (nSPS) is 14.7. The van der Waals surface area contributed by atoms with E-state index in [0.29, 0.717) is 12.2 Å². The molecule has 0 spiro atoms. The van der Waals surface area contributed by atoms with E-state index in [4.69, 9.17) is 4.74 Å². The lowest BCUT2D eigenvalue weighted by Crippen LogP contribution is -2.20. The summed E-state index contributed by atoms with van der Waals surface area (Å²) < 4.78 is 4.93. The maximum Gasteiger partial charge on any atom is 0.338 e. The molecule has 1 heterocycles. The smallest absolute Gasteiger partial charge is 0.338 e. The number of carbonyl (C=O) groups excluding carboxylic acids is 2. The minimum atomic E-state index is -0.288. The fourth-order valence-electron chi connectivity index (χ4n) is 2.12. The third kappa shape index (κ3) is 3.13. The van der Waals surface area contributed by atoms with Gasteiger partial charge >= 0.3 is 5.97 Å². The van der Waals surface area contributed by atoms with Gasteiger partial charge in [-0.25, -0.2) is 4.79 Å². The zero-order valence-electron chi connectivity index (χ0n) is 11.4. The number of carbonyl (C=O) groups is 2. The first-order valence-electron chi connectivity index (χ1n) is 6.72. The Morgan fingerprint density at radius 2 is 2.26 bits per heavy atom. The summed E-state index contributed by atoms with van der Waals surface area (Å²) in [5.74, 6) is -0.256. The summed E-state index contributed by atoms with van der Waals surface area (Å²) >= 11 is 0. The predicted octanol–water partition coefficient (Wildman–Crippen LogP) is 3.12. The molecule has 0 saturated heterocycles. The number of rotatable bonds is 5. The molecule has 0 radical (unpaired) electrons. The third-order valence-corrected chi connectivity index (χ3v) is 3.39. The molecule has 0 bridgehead atoms. The molecule has 19 heavy (non-hydrogen) atoms. The van der Waals surface area contributed by atoms with Crippen LogP contribution in [0.1, 0.15) is 49.0 Å². The molecule has 4 heteroatoms. The highest BCUT2D eigenvalue weighted by Crippen LogP contribution is 2.23. The van der Waals surface area contributed by atoms with E-state index in [1.165, 1.54) is 0 Å². The van der Waals surface area contributed by atoms with E-state index in [9.17, 15) is 9.59 Å². The van der Waals surface area contributed by atoms with Gasteiger partial charge in [0.1, 0.15) is 6.61 Å². The van der Waals surface area contributed by atoms with Crippen LogP contribution in [0.4, 0.5) is 5.69 Å². The van der Waals surface area contributed by atoms with E-state index >= 15 is 0 Å². The van der Waals surface area contributed by atoms with E-state index in [2.05, 4.69) is 12.2 Å². The number of esters is 1. The first kappa shape index (κ1) is 13.6. The van der Waals surface area contributed by atoms with Gasteiger partial charge in [0.15, 0.2) is 0 Å². The second-order valence-corrected chi connectivity index (χ2v) is 4.98. The number of anilines is 1. The molecule has 1 unspecified atom stereocenters. The van der Waals surface area contributed by atoms with Crippen molar-refractivity contribution in [2.75, 3.05) is 5.32 Å². The lowest BCUT2D eigenvalue weighted by molar-refractivity contribution is -0.119. The number of hydrogen-bond donors (Lipinski definition) is 1. The Hall–Kier alpha value is -1.84. The third-order valence-electron chi connectivity index (χ3n) is 3.39. The molecule has 1 aromatic carbocycles. The molecule has 0 aromatic heterocycles. The molecule has 0 fully saturated rings. The lowest BCUT2D eigenvalue weighted by atomic mass is 10.0. The maximum atomic E-state index is 12.0. The average molecular weight is 261 g/mol. The predicted molar refractivity (Wildman–Crippen MR) is 72.9 cm³/mol. The van der Waals surface area contributed by atoms with E-state index in [-0.39, 0.29) is 17.8 Å². The van der Waals surface area contributed by atoms with Gasteiger partial charge in [0.25, 0.3) is 0 Å². The van der Waals surface area contributed by atoms with Gasteiger partial charge in [-0.1, -0.05) is 26.7 Å². The summed E-state index contributed by atoms with van der Waals surface area (Å²) in [6, 6.07) is 5.26. The summed E-state index contributed by atoms with van der Waals surface area (Å²) in [7, 11) is 0. The van der Waals surface area contributed by atoms with Gasteiger partial charge in [-0.2, -0.15) is 0 Å². The molecule has 0 saturated carbocycles. The Balaban J connectivity index is 2.00. The van der Waals surface area contributed by atoms with Gasteiger partial charge in [-0.3, -0.25) is 4.79 Å². The SMILES string of the molecule is CCCCC(C)C(=O)Nc1ccc2c(c1)COC2=O. The van der Waals surface area contributed by atoms with Crippen molar-refractivity contribution in [3.05, 3.63) is 29.3 Å². The van der Waals surface area contributed by atoms with Crippen molar-refractivity contribution in [3.8, 4) is 0 Å². The topological polar surface area (TPSA) is 55.4 Å². The standard InChI is InChI=1S/C15H19NO3/c1-3-4-5-10(2)14(17)16-12-6-7-13-11(8-12)9-19-15(13)18/h6-8,10H,3-5,9H2,1-2H3,(H,16,17). The Labute approximate surface area is 113 Å². The fourth-order valence-corrected chi connectivity index (χ4v) is 2.12. The van der Waals surface area contributed by atoms with Gasteiger partial charge in [-0.15, -0.1) is 0 Å². The van der Waals surface area contributed by atoms with Crippen LogP contribution >= 0.6 is 0 Å². The van der Waals surface area contributed by atoms with Gasteiger partial charge in [0, 0.05) is 17.2 Å². The number of amides is 1. The number of ether oxygens (including phenoxy) is 1. The number of hydrogen-bond acceptors (Lipinski definition) is 3. The molecule has 4 nitrogen and oxygen atoms in total. The summed E-state index contributed by atoms with van der Waals surface area (Å²) in [5, 5.41) is 2.89. The van der Waals surface area contributed by atoms with E-state index in [0.717, 1.165) is 30.5 Å². The maximum absolute atomic E-state index is 12.0. The fraction of sp³-hybridized carbons (Fsp3) is 0.467. The van der Waals surface area contributed by atoms with Crippen LogP contribution in [-0.4, -0.2) is 11.9 Å². The Bertz CT molecular complexity index is 496. The van der Waals surface area contributed by atoms with Crippen LogP contribution < -0.4 is 5.32 Å². The second kappa shape index (κ2) is 5.87. The summed E-state index contributed by atoms with van der Waals surface area (Å²) in [6.07, 6.45) is 3.05. The van der Waals surface area contributed by atoms with Crippen molar-refractivity contribution >= 4 is 17.6 Å². The van der Waals surface area contributed by atoms with E-state index < -0.39 is 0 Å². The quantitative estimate of drug-likeness (QED) is 0.828. The molecule has 1 amide bonds. The molecular weight excluding hydrogens is 242 g/mol. The van der Waals surface area contributed by atoms with Crippen LogP contribution in [-0.2, 0) is 16.1 Å². The van der Waals surface area contributed by atoms with Crippen LogP contribution in [0, 0.1) is 5.92 Å². The molecular formula is C15H19NO3. The number of nitrogens with one attached hydrogen (secondary N) is 1. The van der Waals surface area contributed by atoms with Crippen LogP contribution in [0.3, 0.4) is 0 Å². The zero-order valence-corrected chi connectivity index (χ0v) is 11.4. The number of cyclic esters (lactones) is 1. The molecule has 0 aliphatic carbocycles. The first-order chi connectivity index (χ1) is 9.11. The molecule has 2 rings (SSSR count). The van der Waals surface area contributed by atoms with Crippen molar-refractivity contribution in [2.45, 2.75) is 39.7 Å².